The van der Waals surface area contributed by atoms with Gasteiger partial charge in [0.05, 0.1) is 6.10 Å². The molecule has 0 radical (unpaired) electrons. The molecule has 0 aromatic carbocycles. The molecule has 0 spiro atoms. The van der Waals surface area contributed by atoms with Crippen molar-refractivity contribution in [2.24, 2.45) is 29.1 Å². The third kappa shape index (κ3) is 6.24. The molecule has 3 aliphatic carbocycles. The van der Waals surface area contributed by atoms with Crippen molar-refractivity contribution in [3.05, 3.63) is 35.5 Å². The average Bonchev–Trinajstić information content (AvgIpc) is 3.15. The summed E-state index contributed by atoms with van der Waals surface area (Å²) >= 11 is 0. The molecule has 3 rings (SSSR count). The fourth-order valence-corrected chi connectivity index (χ4v) is 7.20. The smallest absolute Gasteiger partial charge is 0.114 e. The molecule has 3 fully saturated rings. The van der Waals surface area contributed by atoms with Crippen LogP contribution in [0.25, 0.3) is 0 Å². The van der Waals surface area contributed by atoms with Gasteiger partial charge in [-0.25, -0.2) is 0 Å². The van der Waals surface area contributed by atoms with Crippen LogP contribution in [-0.4, -0.2) is 46.8 Å². The van der Waals surface area contributed by atoms with E-state index < -0.39 is 18.3 Å². The molecule has 0 aliphatic heterocycles. The Morgan fingerprint density at radius 1 is 1.12 bits per heavy atom. The van der Waals surface area contributed by atoms with E-state index in [1.807, 2.05) is 0 Å². The van der Waals surface area contributed by atoms with Gasteiger partial charge in [-0.3, -0.25) is 0 Å². The first-order chi connectivity index (χ1) is 16.2. The van der Waals surface area contributed by atoms with E-state index in [0.717, 1.165) is 29.7 Å². The second-order valence-electron chi connectivity index (χ2n) is 12.0. The molecule has 3 saturated carbocycles. The van der Waals surface area contributed by atoms with Crippen LogP contribution < -0.4 is 0 Å². The molecule has 0 bridgehead atoms. The summed E-state index contributed by atoms with van der Waals surface area (Å²) in [5.74, 6) is 3.05. The summed E-state index contributed by atoms with van der Waals surface area (Å²) in [4.78, 5) is 0. The van der Waals surface area contributed by atoms with Crippen molar-refractivity contribution in [3.8, 4) is 0 Å². The second kappa shape index (κ2) is 12.3. The maximum atomic E-state index is 10.7. The molecule has 3 N–H and O–H groups in total. The van der Waals surface area contributed by atoms with Crippen molar-refractivity contribution in [1.29, 1.82) is 0 Å². The maximum Gasteiger partial charge on any atom is 0.114 e. The minimum absolute atomic E-state index is 0.0379. The van der Waals surface area contributed by atoms with E-state index in [1.54, 1.807) is 5.57 Å². The zero-order valence-corrected chi connectivity index (χ0v) is 22.1. The molecule has 4 heteroatoms. The maximum absolute atomic E-state index is 10.7. The van der Waals surface area contributed by atoms with Gasteiger partial charge in [-0.05, 0) is 78.8 Å². The van der Waals surface area contributed by atoms with E-state index in [-0.39, 0.29) is 6.61 Å². The number of fused-ring (bicyclic) bond motifs is 1. The molecule has 0 aromatic rings. The van der Waals surface area contributed by atoms with E-state index in [2.05, 4.69) is 46.4 Å². The molecule has 194 valence electrons. The van der Waals surface area contributed by atoms with Gasteiger partial charge in [-0.1, -0.05) is 71.3 Å². The third-order valence-electron chi connectivity index (χ3n) is 9.17. The first-order valence-corrected chi connectivity index (χ1v) is 13.9. The highest BCUT2D eigenvalue weighted by atomic mass is 16.5. The Kier molecular flexibility index (Phi) is 10.0. The molecule has 0 aromatic heterocycles. The van der Waals surface area contributed by atoms with Gasteiger partial charge in [0.1, 0.15) is 12.2 Å². The van der Waals surface area contributed by atoms with Crippen LogP contribution in [0.5, 0.6) is 0 Å². The number of hydrogen-bond acceptors (Lipinski definition) is 4. The number of aliphatic hydroxyl groups is 3. The summed E-state index contributed by atoms with van der Waals surface area (Å²) < 4.78 is 5.64. The van der Waals surface area contributed by atoms with Crippen LogP contribution in [0.1, 0.15) is 91.9 Å². The molecule has 34 heavy (non-hydrogen) atoms. The van der Waals surface area contributed by atoms with Gasteiger partial charge in [-0.2, -0.15) is 0 Å². The molecular formula is C30H50O4. The number of allylic oxidation sites excluding steroid dienone is 3. The lowest BCUT2D eigenvalue weighted by atomic mass is 9.60. The van der Waals surface area contributed by atoms with Crippen LogP contribution in [0.2, 0.25) is 0 Å². The summed E-state index contributed by atoms with van der Waals surface area (Å²) in [5.41, 5.74) is 3.53. The Labute approximate surface area is 208 Å². The highest BCUT2D eigenvalue weighted by molar-refractivity contribution is 5.40. The largest absolute Gasteiger partial charge is 0.396 e. The first-order valence-electron chi connectivity index (χ1n) is 13.9. The van der Waals surface area contributed by atoms with E-state index in [9.17, 15) is 10.2 Å². The first kappa shape index (κ1) is 27.6. The average molecular weight is 475 g/mol. The van der Waals surface area contributed by atoms with Gasteiger partial charge in [-0.15, -0.1) is 0 Å². The van der Waals surface area contributed by atoms with Crippen LogP contribution in [0.15, 0.2) is 35.5 Å². The SMILES string of the molecule is C=C1C(=CC=C2CCC[C@@]3(C)C2CCC3C(C)CCCC(C)C)CC(O)C(OCCCO)C1O. The zero-order chi connectivity index (χ0) is 24.9. The highest BCUT2D eigenvalue weighted by Crippen LogP contribution is 2.60. The molecule has 7 atom stereocenters. The second-order valence-corrected chi connectivity index (χ2v) is 12.0. The predicted octanol–water partition coefficient (Wildman–Crippen LogP) is 5.97. The van der Waals surface area contributed by atoms with Crippen LogP contribution >= 0.6 is 0 Å². The molecule has 4 nitrogen and oxygen atoms in total. The van der Waals surface area contributed by atoms with Gasteiger partial charge < -0.3 is 20.1 Å². The van der Waals surface area contributed by atoms with E-state index in [0.29, 0.717) is 36.4 Å². The molecule has 0 heterocycles. The zero-order valence-electron chi connectivity index (χ0n) is 22.1. The lowest BCUT2D eigenvalue weighted by Crippen LogP contribution is -2.45. The third-order valence-corrected chi connectivity index (χ3v) is 9.17. The van der Waals surface area contributed by atoms with Crippen LogP contribution in [-0.2, 0) is 4.74 Å². The number of hydrogen-bond donors (Lipinski definition) is 3. The minimum Gasteiger partial charge on any atom is -0.396 e. The minimum atomic E-state index is -0.911. The Morgan fingerprint density at radius 3 is 2.59 bits per heavy atom. The fourth-order valence-electron chi connectivity index (χ4n) is 7.20. The lowest BCUT2D eigenvalue weighted by molar-refractivity contribution is -0.0968. The lowest BCUT2D eigenvalue weighted by Gasteiger charge is -2.44. The van der Waals surface area contributed by atoms with Crippen LogP contribution in [0, 0.1) is 29.1 Å². The molecule has 0 amide bonds. The quantitative estimate of drug-likeness (QED) is 0.341. The number of aliphatic hydroxyl groups excluding tert-OH is 3. The Bertz CT molecular complexity index is 738. The van der Waals surface area contributed by atoms with Crippen LogP contribution in [0.4, 0.5) is 0 Å². The van der Waals surface area contributed by atoms with Crippen molar-refractivity contribution in [2.45, 2.75) is 110 Å². The van der Waals surface area contributed by atoms with Crippen molar-refractivity contribution in [2.75, 3.05) is 13.2 Å². The fraction of sp³-hybridized carbons (Fsp3) is 0.800. The molecule has 0 saturated heterocycles. The Morgan fingerprint density at radius 2 is 1.88 bits per heavy atom. The highest BCUT2D eigenvalue weighted by Gasteiger charge is 2.50. The van der Waals surface area contributed by atoms with E-state index in [4.69, 9.17) is 9.84 Å². The monoisotopic (exact) mass is 474 g/mol. The Balaban J connectivity index is 1.68. The van der Waals surface area contributed by atoms with E-state index >= 15 is 0 Å². The van der Waals surface area contributed by atoms with Gasteiger partial charge >= 0.3 is 0 Å². The summed E-state index contributed by atoms with van der Waals surface area (Å²) in [6.45, 7) is 14.2. The van der Waals surface area contributed by atoms with Gasteiger partial charge in [0.25, 0.3) is 0 Å². The van der Waals surface area contributed by atoms with Gasteiger partial charge in [0.2, 0.25) is 0 Å². The van der Waals surface area contributed by atoms with E-state index in [1.165, 1.54) is 44.9 Å². The molecular weight excluding hydrogens is 424 g/mol. The van der Waals surface area contributed by atoms with Crippen molar-refractivity contribution in [3.63, 3.8) is 0 Å². The normalized spacial score (nSPS) is 37.5. The standard InChI is InChI=1S/C30H50O4/c1-20(2)9-6-10-21(3)25-14-15-26-23(11-7-16-30(25,26)5)12-13-24-19-27(32)29(28(33)22(24)4)34-18-8-17-31/h12-13,20-21,25-29,31-33H,4,6-11,14-19H2,1-3,5H3/t21?,25?,26?,27?,28?,29?,30-/m1/s1. The van der Waals surface area contributed by atoms with Gasteiger partial charge in [0.15, 0.2) is 0 Å². The molecule has 3 aliphatic rings. The summed E-state index contributed by atoms with van der Waals surface area (Å²) in [6, 6.07) is 0. The Hall–Kier alpha value is -0.940. The number of rotatable bonds is 10. The van der Waals surface area contributed by atoms with Gasteiger partial charge in [0, 0.05) is 19.6 Å². The van der Waals surface area contributed by atoms with Crippen molar-refractivity contribution < 1.29 is 20.1 Å². The van der Waals surface area contributed by atoms with Crippen LogP contribution in [0.3, 0.4) is 0 Å². The number of ether oxygens (including phenoxy) is 1. The summed E-state index contributed by atoms with van der Waals surface area (Å²) in [5, 5.41) is 30.3. The summed E-state index contributed by atoms with van der Waals surface area (Å²) in [7, 11) is 0. The van der Waals surface area contributed by atoms with Crippen molar-refractivity contribution in [1.82, 2.24) is 0 Å². The topological polar surface area (TPSA) is 69.9 Å². The van der Waals surface area contributed by atoms with Crippen molar-refractivity contribution >= 4 is 0 Å². The summed E-state index contributed by atoms with van der Waals surface area (Å²) in [6.07, 6.45) is 13.4. The molecule has 6 unspecified atom stereocenters. The predicted molar refractivity (Wildman–Crippen MR) is 139 cm³/mol.